The molecule has 0 aliphatic rings. The molecule has 0 unspecified atom stereocenters. The van der Waals surface area contributed by atoms with E-state index >= 15 is 0 Å². The van der Waals surface area contributed by atoms with Crippen LogP contribution in [0.4, 0.5) is 4.39 Å². The summed E-state index contributed by atoms with van der Waals surface area (Å²) in [7, 11) is 2.89. The SMILES string of the molecule is COc1ccc(CN(C)C(=O)COC(=O)c2nc(-n3nc(C)cc3C)ccc2Cl)cc1F. The van der Waals surface area contributed by atoms with Crippen molar-refractivity contribution >= 4 is 23.5 Å². The van der Waals surface area contributed by atoms with Gasteiger partial charge in [0.05, 0.1) is 17.8 Å². The van der Waals surface area contributed by atoms with E-state index < -0.39 is 24.3 Å². The van der Waals surface area contributed by atoms with Crippen molar-refractivity contribution in [2.24, 2.45) is 0 Å². The Kier molecular flexibility index (Phi) is 7.09. The van der Waals surface area contributed by atoms with Crippen LogP contribution in [0.2, 0.25) is 5.02 Å². The molecule has 0 saturated carbocycles. The van der Waals surface area contributed by atoms with Crippen LogP contribution in [0.5, 0.6) is 5.75 Å². The third-order valence-corrected chi connectivity index (χ3v) is 4.94. The normalized spacial score (nSPS) is 10.7. The number of aromatic nitrogens is 3. The molecule has 168 valence electrons. The number of aryl methyl sites for hydroxylation is 2. The highest BCUT2D eigenvalue weighted by Gasteiger charge is 2.19. The first-order valence-electron chi connectivity index (χ1n) is 9.63. The van der Waals surface area contributed by atoms with Crippen molar-refractivity contribution in [1.82, 2.24) is 19.7 Å². The van der Waals surface area contributed by atoms with E-state index in [2.05, 4.69) is 10.1 Å². The second kappa shape index (κ2) is 9.78. The number of benzene rings is 1. The molecule has 1 amide bonds. The van der Waals surface area contributed by atoms with Gasteiger partial charge in [-0.15, -0.1) is 0 Å². The molecule has 0 fully saturated rings. The van der Waals surface area contributed by atoms with Crippen LogP contribution >= 0.6 is 11.6 Å². The van der Waals surface area contributed by atoms with E-state index in [4.69, 9.17) is 21.1 Å². The smallest absolute Gasteiger partial charge is 0.359 e. The lowest BCUT2D eigenvalue weighted by Crippen LogP contribution is -2.31. The highest BCUT2D eigenvalue weighted by molar-refractivity contribution is 6.33. The summed E-state index contributed by atoms with van der Waals surface area (Å²) in [5.74, 6) is -1.32. The molecule has 2 aromatic heterocycles. The van der Waals surface area contributed by atoms with E-state index in [1.54, 1.807) is 16.8 Å². The van der Waals surface area contributed by atoms with Crippen molar-refractivity contribution in [1.29, 1.82) is 0 Å². The lowest BCUT2D eigenvalue weighted by molar-refractivity contribution is -0.133. The number of rotatable bonds is 7. The van der Waals surface area contributed by atoms with Crippen LogP contribution < -0.4 is 4.74 Å². The predicted octanol–water partition coefficient (Wildman–Crippen LogP) is 3.50. The van der Waals surface area contributed by atoms with Gasteiger partial charge < -0.3 is 14.4 Å². The molecule has 0 N–H and O–H groups in total. The molecule has 0 atom stereocenters. The molecule has 3 rings (SSSR count). The van der Waals surface area contributed by atoms with Crippen molar-refractivity contribution in [3.63, 3.8) is 0 Å². The summed E-state index contributed by atoms with van der Waals surface area (Å²) < 4.78 is 25.4. The molecule has 0 bridgehead atoms. The lowest BCUT2D eigenvalue weighted by Gasteiger charge is -2.17. The average molecular weight is 461 g/mol. The molecule has 0 aliphatic carbocycles. The number of amides is 1. The standard InChI is InChI=1S/C22H22ClFN4O4/c1-13-9-14(2)28(26-13)19-8-6-16(23)21(25-19)22(30)32-12-20(29)27(3)11-15-5-7-18(31-4)17(24)10-15/h5-10H,11-12H2,1-4H3. The quantitative estimate of drug-likeness (QED) is 0.501. The zero-order chi connectivity index (χ0) is 23.4. The molecule has 10 heteroatoms. The van der Waals surface area contributed by atoms with Gasteiger partial charge in [-0.3, -0.25) is 4.79 Å². The summed E-state index contributed by atoms with van der Waals surface area (Å²) in [5.41, 5.74) is 2.08. The molecular weight excluding hydrogens is 439 g/mol. The number of hydrogen-bond donors (Lipinski definition) is 0. The Morgan fingerprint density at radius 1 is 1.19 bits per heavy atom. The molecule has 2 heterocycles. The van der Waals surface area contributed by atoms with Crippen LogP contribution in [-0.2, 0) is 16.1 Å². The summed E-state index contributed by atoms with van der Waals surface area (Å²) in [6, 6.07) is 9.42. The maximum absolute atomic E-state index is 13.8. The third-order valence-electron chi connectivity index (χ3n) is 4.64. The predicted molar refractivity (Wildman–Crippen MR) is 116 cm³/mol. The average Bonchev–Trinajstić information content (AvgIpc) is 3.10. The molecule has 32 heavy (non-hydrogen) atoms. The fraction of sp³-hybridized carbons (Fsp3) is 0.273. The third kappa shape index (κ3) is 5.23. The van der Waals surface area contributed by atoms with E-state index in [0.29, 0.717) is 11.4 Å². The van der Waals surface area contributed by atoms with E-state index in [9.17, 15) is 14.0 Å². The minimum atomic E-state index is -0.837. The van der Waals surface area contributed by atoms with Gasteiger partial charge in [0.15, 0.2) is 29.7 Å². The highest BCUT2D eigenvalue weighted by atomic mass is 35.5. The largest absolute Gasteiger partial charge is 0.494 e. The zero-order valence-electron chi connectivity index (χ0n) is 18.1. The van der Waals surface area contributed by atoms with Gasteiger partial charge in [-0.2, -0.15) is 5.10 Å². The minimum absolute atomic E-state index is 0.0924. The van der Waals surface area contributed by atoms with Crippen molar-refractivity contribution in [2.75, 3.05) is 20.8 Å². The van der Waals surface area contributed by atoms with E-state index in [1.807, 2.05) is 19.9 Å². The summed E-state index contributed by atoms with van der Waals surface area (Å²) in [6.07, 6.45) is 0. The molecule has 8 nitrogen and oxygen atoms in total. The number of ether oxygens (including phenoxy) is 2. The topological polar surface area (TPSA) is 86.5 Å². The molecule has 0 radical (unpaired) electrons. The van der Waals surface area contributed by atoms with Gasteiger partial charge in [-0.25, -0.2) is 18.9 Å². The number of carbonyl (C=O) groups excluding carboxylic acids is 2. The number of halogens is 2. The molecule has 3 aromatic rings. The van der Waals surface area contributed by atoms with Crippen LogP contribution in [-0.4, -0.2) is 52.3 Å². The van der Waals surface area contributed by atoms with Gasteiger partial charge in [0.25, 0.3) is 5.91 Å². The Morgan fingerprint density at radius 2 is 1.94 bits per heavy atom. The number of nitrogens with zero attached hydrogens (tertiary/aromatic N) is 4. The highest BCUT2D eigenvalue weighted by Crippen LogP contribution is 2.20. The number of carbonyl (C=O) groups is 2. The number of pyridine rings is 1. The van der Waals surface area contributed by atoms with Crippen molar-refractivity contribution in [3.8, 4) is 11.6 Å². The summed E-state index contributed by atoms with van der Waals surface area (Å²) >= 11 is 6.11. The van der Waals surface area contributed by atoms with Crippen LogP contribution in [0.3, 0.4) is 0 Å². The van der Waals surface area contributed by atoms with Gasteiger partial charge >= 0.3 is 5.97 Å². The lowest BCUT2D eigenvalue weighted by atomic mass is 10.2. The van der Waals surface area contributed by atoms with Gasteiger partial charge in [-0.1, -0.05) is 17.7 Å². The number of hydrogen-bond acceptors (Lipinski definition) is 6. The Bertz CT molecular complexity index is 1160. The van der Waals surface area contributed by atoms with E-state index in [1.165, 1.54) is 37.3 Å². The van der Waals surface area contributed by atoms with E-state index in [-0.39, 0.29) is 23.0 Å². The van der Waals surface area contributed by atoms with Gasteiger partial charge in [0.2, 0.25) is 0 Å². The Balaban J connectivity index is 1.64. The molecule has 0 saturated heterocycles. The van der Waals surface area contributed by atoms with Crippen molar-refractivity contribution in [3.05, 3.63) is 69.9 Å². The monoisotopic (exact) mass is 460 g/mol. The maximum Gasteiger partial charge on any atom is 0.359 e. The Morgan fingerprint density at radius 3 is 2.56 bits per heavy atom. The summed E-state index contributed by atoms with van der Waals surface area (Å²) in [6.45, 7) is 3.31. The number of esters is 1. The molecule has 0 aliphatic heterocycles. The Labute approximate surface area is 189 Å². The van der Waals surface area contributed by atoms with Crippen LogP contribution in [0, 0.1) is 19.7 Å². The fourth-order valence-corrected chi connectivity index (χ4v) is 3.21. The Hall–Kier alpha value is -3.46. The minimum Gasteiger partial charge on any atom is -0.494 e. The van der Waals surface area contributed by atoms with Crippen LogP contribution in [0.25, 0.3) is 5.82 Å². The number of methoxy groups -OCH3 is 1. The van der Waals surface area contributed by atoms with Crippen LogP contribution in [0.15, 0.2) is 36.4 Å². The van der Waals surface area contributed by atoms with E-state index in [0.717, 1.165) is 11.4 Å². The fourth-order valence-electron chi connectivity index (χ4n) is 3.03. The second-order valence-corrected chi connectivity index (χ2v) is 7.54. The first-order chi connectivity index (χ1) is 15.2. The molecular formula is C22H22ClFN4O4. The first-order valence-corrected chi connectivity index (χ1v) is 10.0. The maximum atomic E-state index is 13.8. The van der Waals surface area contributed by atoms with Crippen LogP contribution in [0.1, 0.15) is 27.4 Å². The number of likely N-dealkylation sites (N-methyl/N-ethyl adjacent to an activating group) is 1. The molecule has 0 spiro atoms. The van der Waals surface area contributed by atoms with Gasteiger partial charge in [0, 0.05) is 19.3 Å². The summed E-state index contributed by atoms with van der Waals surface area (Å²) in [4.78, 5) is 30.4. The summed E-state index contributed by atoms with van der Waals surface area (Å²) in [5, 5.41) is 4.42. The van der Waals surface area contributed by atoms with Crippen molar-refractivity contribution in [2.45, 2.75) is 20.4 Å². The zero-order valence-corrected chi connectivity index (χ0v) is 18.8. The van der Waals surface area contributed by atoms with Crippen molar-refractivity contribution < 1.29 is 23.5 Å². The second-order valence-electron chi connectivity index (χ2n) is 7.13. The first kappa shape index (κ1) is 23.2. The van der Waals surface area contributed by atoms with Gasteiger partial charge in [-0.05, 0) is 49.7 Å². The van der Waals surface area contributed by atoms with Gasteiger partial charge in [0.1, 0.15) is 0 Å². The molecule has 1 aromatic carbocycles.